The number of amides is 2. The second kappa shape index (κ2) is 8.91. The molecule has 1 heterocycles. The van der Waals surface area contributed by atoms with Crippen LogP contribution < -0.4 is 0 Å². The summed E-state index contributed by atoms with van der Waals surface area (Å²) in [5, 5.41) is 9.93. The Morgan fingerprint density at radius 3 is 2.36 bits per heavy atom. The van der Waals surface area contributed by atoms with Crippen LogP contribution in [0.5, 0.6) is 0 Å². The SMILES string of the molecule is CCN(C[C@@H]1[C@@H](c2ccc(C3=CCCCC3)cc2)[C@@H](CO)N1C(C)=O)C(C)=O. The summed E-state index contributed by atoms with van der Waals surface area (Å²) in [4.78, 5) is 27.6. The van der Waals surface area contributed by atoms with Crippen LogP contribution >= 0.6 is 0 Å². The maximum atomic E-state index is 12.2. The molecule has 2 aliphatic rings. The van der Waals surface area contributed by atoms with E-state index in [2.05, 4.69) is 30.3 Å². The van der Waals surface area contributed by atoms with Gasteiger partial charge < -0.3 is 14.9 Å². The van der Waals surface area contributed by atoms with Crippen LogP contribution in [0.3, 0.4) is 0 Å². The number of aliphatic hydroxyl groups excluding tert-OH is 1. The largest absolute Gasteiger partial charge is 0.394 e. The molecule has 3 atom stereocenters. The van der Waals surface area contributed by atoms with E-state index in [-0.39, 0.29) is 36.4 Å². The first-order valence-corrected chi connectivity index (χ1v) is 10.4. The van der Waals surface area contributed by atoms with Crippen molar-refractivity contribution >= 4 is 17.4 Å². The fourth-order valence-corrected chi connectivity index (χ4v) is 4.79. The number of benzene rings is 1. The molecular formula is C23H32N2O3. The summed E-state index contributed by atoms with van der Waals surface area (Å²) < 4.78 is 0. The highest BCUT2D eigenvalue weighted by Gasteiger charge is 2.50. The first-order chi connectivity index (χ1) is 13.5. The number of likely N-dealkylation sites (N-methyl/N-ethyl adjacent to an activating group) is 1. The van der Waals surface area contributed by atoms with Gasteiger partial charge in [0.1, 0.15) is 0 Å². The quantitative estimate of drug-likeness (QED) is 0.819. The predicted octanol–water partition coefficient (Wildman–Crippen LogP) is 3.19. The summed E-state index contributed by atoms with van der Waals surface area (Å²) in [6, 6.07) is 8.26. The third-order valence-corrected chi connectivity index (χ3v) is 6.29. The molecule has 0 bridgehead atoms. The average molecular weight is 385 g/mol. The lowest BCUT2D eigenvalue weighted by Crippen LogP contribution is -2.68. The minimum absolute atomic E-state index is 0.0109. The van der Waals surface area contributed by atoms with Gasteiger partial charge in [-0.05, 0) is 49.3 Å². The number of hydrogen-bond donors (Lipinski definition) is 1. The van der Waals surface area contributed by atoms with Gasteiger partial charge in [0.25, 0.3) is 0 Å². The molecule has 0 aromatic heterocycles. The van der Waals surface area contributed by atoms with Crippen LogP contribution in [0.4, 0.5) is 0 Å². The molecular weight excluding hydrogens is 352 g/mol. The van der Waals surface area contributed by atoms with E-state index in [9.17, 15) is 14.7 Å². The van der Waals surface area contributed by atoms with Gasteiger partial charge in [-0.15, -0.1) is 0 Å². The number of aliphatic hydroxyl groups is 1. The summed E-state index contributed by atoms with van der Waals surface area (Å²) >= 11 is 0. The van der Waals surface area contributed by atoms with Gasteiger partial charge in [0, 0.05) is 32.9 Å². The van der Waals surface area contributed by atoms with E-state index in [0.29, 0.717) is 13.1 Å². The van der Waals surface area contributed by atoms with E-state index < -0.39 is 0 Å². The molecule has 2 amide bonds. The van der Waals surface area contributed by atoms with Gasteiger partial charge in [-0.3, -0.25) is 9.59 Å². The van der Waals surface area contributed by atoms with Gasteiger partial charge in [-0.25, -0.2) is 0 Å². The Morgan fingerprint density at radius 2 is 1.86 bits per heavy atom. The molecule has 0 saturated carbocycles. The standard InChI is InChI=1S/C23H32N2O3/c1-4-24(16(2)27)14-21-23(22(15-26)25(21)17(3)28)20-12-10-19(11-13-20)18-8-6-5-7-9-18/h8,10-13,21-23,26H,4-7,9,14-15H2,1-3H3/t21-,22-,23-/m1/s1. The fraction of sp³-hybridized carbons (Fsp3) is 0.565. The highest BCUT2D eigenvalue weighted by Crippen LogP contribution is 2.41. The Balaban J connectivity index is 1.85. The Kier molecular flexibility index (Phi) is 6.55. The molecule has 1 saturated heterocycles. The second-order valence-electron chi connectivity index (χ2n) is 7.92. The van der Waals surface area contributed by atoms with E-state index in [4.69, 9.17) is 0 Å². The Bertz CT molecular complexity index is 741. The van der Waals surface area contributed by atoms with E-state index in [1.807, 2.05) is 6.92 Å². The summed E-state index contributed by atoms with van der Waals surface area (Å²) in [6.45, 7) is 6.09. The molecule has 0 radical (unpaired) electrons. The van der Waals surface area contributed by atoms with Gasteiger partial charge in [-0.1, -0.05) is 30.3 Å². The molecule has 1 N–H and O–H groups in total. The normalized spacial score (nSPS) is 24.4. The van der Waals surface area contributed by atoms with Crippen molar-refractivity contribution < 1.29 is 14.7 Å². The van der Waals surface area contributed by atoms with E-state index >= 15 is 0 Å². The van der Waals surface area contributed by atoms with Gasteiger partial charge in [0.2, 0.25) is 11.8 Å². The van der Waals surface area contributed by atoms with Crippen molar-refractivity contribution in [2.24, 2.45) is 0 Å². The van der Waals surface area contributed by atoms with Crippen LogP contribution in [0.1, 0.15) is 63.5 Å². The van der Waals surface area contributed by atoms with Crippen molar-refractivity contribution in [2.45, 2.75) is 64.5 Å². The zero-order valence-corrected chi connectivity index (χ0v) is 17.2. The number of carbonyl (C=O) groups excluding carboxylic acids is 2. The molecule has 28 heavy (non-hydrogen) atoms. The minimum Gasteiger partial charge on any atom is -0.394 e. The van der Waals surface area contributed by atoms with Crippen molar-refractivity contribution in [2.75, 3.05) is 19.7 Å². The molecule has 1 aromatic rings. The third kappa shape index (κ3) is 4.00. The summed E-state index contributed by atoms with van der Waals surface area (Å²) in [5.74, 6) is -0.00245. The first-order valence-electron chi connectivity index (χ1n) is 10.4. The summed E-state index contributed by atoms with van der Waals surface area (Å²) in [7, 11) is 0. The van der Waals surface area contributed by atoms with Crippen molar-refractivity contribution in [3.63, 3.8) is 0 Å². The number of hydrogen-bond acceptors (Lipinski definition) is 3. The number of likely N-dealkylation sites (tertiary alicyclic amines) is 1. The summed E-state index contributed by atoms with van der Waals surface area (Å²) in [6.07, 6.45) is 7.14. The van der Waals surface area contributed by atoms with Gasteiger partial charge in [0.05, 0.1) is 18.7 Å². The monoisotopic (exact) mass is 384 g/mol. The predicted molar refractivity (Wildman–Crippen MR) is 111 cm³/mol. The zero-order chi connectivity index (χ0) is 20.3. The summed E-state index contributed by atoms with van der Waals surface area (Å²) in [5.41, 5.74) is 3.81. The Morgan fingerprint density at radius 1 is 1.14 bits per heavy atom. The van der Waals surface area contributed by atoms with Crippen molar-refractivity contribution in [1.29, 1.82) is 0 Å². The molecule has 1 aliphatic carbocycles. The number of rotatable bonds is 6. The van der Waals surface area contributed by atoms with Gasteiger partial charge in [0.15, 0.2) is 0 Å². The topological polar surface area (TPSA) is 60.9 Å². The van der Waals surface area contributed by atoms with Crippen LogP contribution in [0.15, 0.2) is 30.3 Å². The van der Waals surface area contributed by atoms with Crippen LogP contribution in [-0.4, -0.2) is 58.5 Å². The average Bonchev–Trinajstić information content (AvgIpc) is 2.68. The fourth-order valence-electron chi connectivity index (χ4n) is 4.79. The van der Waals surface area contributed by atoms with E-state index in [0.717, 1.165) is 18.4 Å². The maximum absolute atomic E-state index is 12.2. The van der Waals surface area contributed by atoms with E-state index in [1.165, 1.54) is 30.9 Å². The van der Waals surface area contributed by atoms with Crippen LogP contribution in [-0.2, 0) is 9.59 Å². The highest BCUT2D eigenvalue weighted by atomic mass is 16.3. The lowest BCUT2D eigenvalue weighted by atomic mass is 9.74. The Hall–Kier alpha value is -2.14. The number of nitrogens with zero attached hydrogens (tertiary/aromatic N) is 2. The Labute approximate surface area is 168 Å². The molecule has 5 heteroatoms. The number of carbonyl (C=O) groups is 2. The van der Waals surface area contributed by atoms with Crippen molar-refractivity contribution in [1.82, 2.24) is 9.80 Å². The molecule has 5 nitrogen and oxygen atoms in total. The van der Waals surface area contributed by atoms with Crippen molar-refractivity contribution in [3.05, 3.63) is 41.5 Å². The lowest BCUT2D eigenvalue weighted by molar-refractivity contribution is -0.152. The van der Waals surface area contributed by atoms with Crippen LogP contribution in [0.2, 0.25) is 0 Å². The molecule has 1 aromatic carbocycles. The molecule has 152 valence electrons. The van der Waals surface area contributed by atoms with Crippen molar-refractivity contribution in [3.8, 4) is 0 Å². The number of allylic oxidation sites excluding steroid dienone is 2. The zero-order valence-electron chi connectivity index (χ0n) is 17.2. The molecule has 1 fully saturated rings. The van der Waals surface area contributed by atoms with E-state index in [1.54, 1.807) is 16.7 Å². The van der Waals surface area contributed by atoms with Gasteiger partial charge >= 0.3 is 0 Å². The third-order valence-electron chi connectivity index (χ3n) is 6.29. The smallest absolute Gasteiger partial charge is 0.220 e. The highest BCUT2D eigenvalue weighted by molar-refractivity contribution is 5.77. The second-order valence-corrected chi connectivity index (χ2v) is 7.92. The molecule has 0 unspecified atom stereocenters. The molecule has 0 spiro atoms. The minimum atomic E-state index is -0.229. The van der Waals surface area contributed by atoms with Crippen LogP contribution in [0.25, 0.3) is 5.57 Å². The maximum Gasteiger partial charge on any atom is 0.220 e. The lowest BCUT2D eigenvalue weighted by Gasteiger charge is -2.55. The van der Waals surface area contributed by atoms with Gasteiger partial charge in [-0.2, -0.15) is 0 Å². The molecule has 3 rings (SSSR count). The first kappa shape index (κ1) is 20.6. The molecule has 1 aliphatic heterocycles. The van der Waals surface area contributed by atoms with Crippen LogP contribution in [0, 0.1) is 0 Å².